The third-order valence-electron chi connectivity index (χ3n) is 4.65. The number of carboxylic acids is 1. The minimum absolute atomic E-state index is 0.418. The molecule has 4 rings (SSSR count). The first-order valence-electron chi connectivity index (χ1n) is 8.87. The number of imidazole rings is 1. The number of aliphatic carboxylic acids is 1. The van der Waals surface area contributed by atoms with Gasteiger partial charge in [0.25, 0.3) is 0 Å². The Balaban J connectivity index is 2.04. The summed E-state index contributed by atoms with van der Waals surface area (Å²) in [5.74, 6) is -1.45. The van der Waals surface area contributed by atoms with Crippen LogP contribution in [0.25, 0.3) is 27.6 Å². The molecule has 0 atom stereocenters. The summed E-state index contributed by atoms with van der Waals surface area (Å²) in [5, 5.41) is 11.6. The van der Waals surface area contributed by atoms with E-state index in [0.29, 0.717) is 27.3 Å². The number of nitrogens with two attached hydrogens (primary N) is 1. The lowest BCUT2D eigenvalue weighted by molar-refractivity contribution is -0.138. The summed E-state index contributed by atoms with van der Waals surface area (Å²) < 4.78 is 0.736. The summed E-state index contributed by atoms with van der Waals surface area (Å²) in [6.07, 6.45) is 1.66. The van der Waals surface area contributed by atoms with Gasteiger partial charge in [0.1, 0.15) is 10.3 Å². The van der Waals surface area contributed by atoms with Gasteiger partial charge in [-0.3, -0.25) is 14.2 Å². The van der Waals surface area contributed by atoms with Crippen molar-refractivity contribution in [2.75, 3.05) is 0 Å². The summed E-state index contributed by atoms with van der Waals surface area (Å²) in [4.78, 5) is 32.7. The van der Waals surface area contributed by atoms with E-state index in [4.69, 9.17) is 5.73 Å². The molecule has 4 aromatic rings. The first-order chi connectivity index (χ1) is 13.8. The number of pyridine rings is 1. The summed E-state index contributed by atoms with van der Waals surface area (Å²) in [7, 11) is 0. The van der Waals surface area contributed by atoms with Gasteiger partial charge >= 0.3 is 5.97 Å². The molecule has 0 fully saturated rings. The van der Waals surface area contributed by atoms with Crippen molar-refractivity contribution in [3.8, 4) is 5.69 Å². The lowest BCUT2D eigenvalue weighted by atomic mass is 10.0. The number of carbonyl (C=O) groups excluding carboxylic acids is 1. The van der Waals surface area contributed by atoms with Gasteiger partial charge in [-0.05, 0) is 43.5 Å². The standard InChI is InChI=1S/C21H18N4O3S/c1-21(2,19(27)28)29-20-24-15-8-5-11-23-18(15)25(20)16-10-9-14(17(22)26)12-6-3-4-7-13(12)16/h3-11H,1-2H3,(H2,22,26)(H,27,28). The number of amides is 1. The first-order valence-corrected chi connectivity index (χ1v) is 9.69. The maximum Gasteiger partial charge on any atom is 0.319 e. The first kappa shape index (κ1) is 18.9. The molecule has 3 N–H and O–H groups in total. The van der Waals surface area contributed by atoms with Crippen LogP contribution in [0.15, 0.2) is 59.9 Å². The average Bonchev–Trinajstić information content (AvgIpc) is 3.03. The van der Waals surface area contributed by atoms with Gasteiger partial charge in [-0.25, -0.2) is 9.97 Å². The Morgan fingerprint density at radius 2 is 1.79 bits per heavy atom. The molecule has 0 saturated carbocycles. The quantitative estimate of drug-likeness (QED) is 0.490. The zero-order chi connectivity index (χ0) is 20.8. The number of rotatable bonds is 5. The number of carbonyl (C=O) groups is 2. The van der Waals surface area contributed by atoms with Gasteiger partial charge in [0, 0.05) is 17.1 Å². The molecule has 146 valence electrons. The van der Waals surface area contributed by atoms with Crippen molar-refractivity contribution in [3.63, 3.8) is 0 Å². The zero-order valence-electron chi connectivity index (χ0n) is 15.8. The van der Waals surface area contributed by atoms with Crippen LogP contribution < -0.4 is 5.73 Å². The number of hydrogen-bond donors (Lipinski definition) is 2. The van der Waals surface area contributed by atoms with E-state index in [-0.39, 0.29) is 0 Å². The molecule has 0 bridgehead atoms. The Hall–Kier alpha value is -3.39. The van der Waals surface area contributed by atoms with E-state index >= 15 is 0 Å². The van der Waals surface area contributed by atoms with Crippen molar-refractivity contribution >= 4 is 45.6 Å². The Bertz CT molecular complexity index is 1280. The van der Waals surface area contributed by atoms with Crippen LogP contribution in [0, 0.1) is 0 Å². The number of nitrogens with zero attached hydrogens (tertiary/aromatic N) is 3. The molecule has 0 radical (unpaired) electrons. The summed E-state index contributed by atoms with van der Waals surface area (Å²) >= 11 is 1.14. The fourth-order valence-corrected chi connectivity index (χ4v) is 4.11. The molecule has 8 heteroatoms. The highest BCUT2D eigenvalue weighted by Crippen LogP contribution is 2.37. The highest BCUT2D eigenvalue weighted by molar-refractivity contribution is 8.01. The normalized spacial score (nSPS) is 11.8. The number of fused-ring (bicyclic) bond motifs is 2. The number of carboxylic acid groups (broad SMARTS) is 1. The molecular formula is C21H18N4O3S. The minimum Gasteiger partial charge on any atom is -0.480 e. The van der Waals surface area contributed by atoms with E-state index in [1.165, 1.54) is 0 Å². The molecule has 2 heterocycles. The summed E-state index contributed by atoms with van der Waals surface area (Å²) in [6, 6.07) is 14.5. The van der Waals surface area contributed by atoms with Crippen LogP contribution in [0.5, 0.6) is 0 Å². The van der Waals surface area contributed by atoms with E-state index in [1.807, 2.05) is 34.9 Å². The Morgan fingerprint density at radius 3 is 2.48 bits per heavy atom. The lowest BCUT2D eigenvalue weighted by Crippen LogP contribution is -2.27. The van der Waals surface area contributed by atoms with Crippen LogP contribution in [0.2, 0.25) is 0 Å². The van der Waals surface area contributed by atoms with Gasteiger partial charge in [0.15, 0.2) is 10.8 Å². The number of benzene rings is 2. The van der Waals surface area contributed by atoms with Gasteiger partial charge in [-0.1, -0.05) is 36.0 Å². The van der Waals surface area contributed by atoms with E-state index in [2.05, 4.69) is 9.97 Å². The fourth-order valence-electron chi connectivity index (χ4n) is 3.14. The van der Waals surface area contributed by atoms with Crippen molar-refractivity contribution in [3.05, 3.63) is 60.3 Å². The van der Waals surface area contributed by atoms with Crippen molar-refractivity contribution in [2.45, 2.75) is 23.8 Å². The molecule has 0 aliphatic carbocycles. The van der Waals surface area contributed by atoms with Crippen LogP contribution in [0.1, 0.15) is 24.2 Å². The van der Waals surface area contributed by atoms with Crippen LogP contribution in [0.3, 0.4) is 0 Å². The van der Waals surface area contributed by atoms with Crippen molar-refractivity contribution in [1.82, 2.24) is 14.5 Å². The Morgan fingerprint density at radius 1 is 1.07 bits per heavy atom. The van der Waals surface area contributed by atoms with E-state index < -0.39 is 16.6 Å². The van der Waals surface area contributed by atoms with E-state index in [0.717, 1.165) is 22.8 Å². The smallest absolute Gasteiger partial charge is 0.319 e. The monoisotopic (exact) mass is 406 g/mol. The van der Waals surface area contributed by atoms with Gasteiger partial charge in [-0.2, -0.15) is 0 Å². The van der Waals surface area contributed by atoms with Crippen LogP contribution in [-0.4, -0.2) is 36.3 Å². The van der Waals surface area contributed by atoms with Crippen molar-refractivity contribution < 1.29 is 14.7 Å². The maximum atomic E-state index is 11.9. The van der Waals surface area contributed by atoms with E-state index in [1.54, 1.807) is 38.2 Å². The van der Waals surface area contributed by atoms with Crippen LogP contribution in [-0.2, 0) is 4.79 Å². The second-order valence-electron chi connectivity index (χ2n) is 7.04. The lowest BCUT2D eigenvalue weighted by Gasteiger charge is -2.19. The molecule has 0 aliphatic rings. The number of aromatic nitrogens is 3. The average molecular weight is 406 g/mol. The zero-order valence-corrected chi connectivity index (χ0v) is 16.6. The number of primary amides is 1. The summed E-state index contributed by atoms with van der Waals surface area (Å²) in [6.45, 7) is 3.26. The second kappa shape index (κ2) is 6.89. The fraction of sp³-hybridized carbons (Fsp3) is 0.143. The van der Waals surface area contributed by atoms with Gasteiger partial charge < -0.3 is 10.8 Å². The molecule has 2 aromatic heterocycles. The summed E-state index contributed by atoms with van der Waals surface area (Å²) in [5.41, 5.74) is 7.97. The molecule has 0 aliphatic heterocycles. The largest absolute Gasteiger partial charge is 0.480 e. The Labute approximate surface area is 170 Å². The molecule has 2 aromatic carbocycles. The molecule has 0 saturated heterocycles. The third-order valence-corrected chi connectivity index (χ3v) is 5.80. The van der Waals surface area contributed by atoms with Crippen LogP contribution in [0.4, 0.5) is 0 Å². The molecular weight excluding hydrogens is 388 g/mol. The highest BCUT2D eigenvalue weighted by Gasteiger charge is 2.32. The predicted molar refractivity (Wildman–Crippen MR) is 112 cm³/mol. The SMILES string of the molecule is CC(C)(Sc1nc2cccnc2n1-c1ccc(C(N)=O)c2ccccc12)C(=O)O. The van der Waals surface area contributed by atoms with Gasteiger partial charge in [0.05, 0.1) is 5.69 Å². The maximum absolute atomic E-state index is 11.9. The molecule has 7 nitrogen and oxygen atoms in total. The minimum atomic E-state index is -1.10. The Kier molecular flexibility index (Phi) is 4.50. The van der Waals surface area contributed by atoms with Crippen molar-refractivity contribution in [2.24, 2.45) is 5.73 Å². The number of hydrogen-bond acceptors (Lipinski definition) is 5. The van der Waals surface area contributed by atoms with Crippen molar-refractivity contribution in [1.29, 1.82) is 0 Å². The van der Waals surface area contributed by atoms with Crippen LogP contribution >= 0.6 is 11.8 Å². The molecule has 1 amide bonds. The van der Waals surface area contributed by atoms with Gasteiger partial charge in [-0.15, -0.1) is 0 Å². The van der Waals surface area contributed by atoms with Gasteiger partial charge in [0.2, 0.25) is 5.91 Å². The second-order valence-corrected chi connectivity index (χ2v) is 8.63. The highest BCUT2D eigenvalue weighted by atomic mass is 32.2. The molecule has 0 spiro atoms. The molecule has 0 unspecified atom stereocenters. The third kappa shape index (κ3) is 3.21. The topological polar surface area (TPSA) is 111 Å². The molecule has 29 heavy (non-hydrogen) atoms. The van der Waals surface area contributed by atoms with E-state index in [9.17, 15) is 14.7 Å². The number of thioether (sulfide) groups is 1. The predicted octanol–water partition coefficient (Wildman–Crippen LogP) is 3.63.